The van der Waals surface area contributed by atoms with E-state index in [2.05, 4.69) is 16.0 Å². The molecule has 0 unspecified atom stereocenters. The third-order valence-corrected chi connectivity index (χ3v) is 10.1. The van der Waals surface area contributed by atoms with Crippen molar-refractivity contribution in [2.75, 3.05) is 39.3 Å². The molecule has 0 atom stereocenters. The van der Waals surface area contributed by atoms with Gasteiger partial charge in [-0.1, -0.05) is 36.4 Å². The van der Waals surface area contributed by atoms with E-state index in [0.717, 1.165) is 82.1 Å². The molecule has 3 saturated heterocycles. The summed E-state index contributed by atoms with van der Waals surface area (Å²) in [5.74, 6) is 0.877. The number of nitrogens with zero attached hydrogens (tertiary/aromatic N) is 5. The summed E-state index contributed by atoms with van der Waals surface area (Å²) in [6.45, 7) is 5.15. The number of carbonyl (C=O) groups is 3. The molecule has 1 aliphatic carbocycles. The molecule has 1 aromatic carbocycles. The van der Waals surface area contributed by atoms with Crippen LogP contribution in [0.2, 0.25) is 0 Å². The summed E-state index contributed by atoms with van der Waals surface area (Å²) in [4.78, 5) is 49.4. The van der Waals surface area contributed by atoms with E-state index in [1.165, 1.54) is 0 Å². The molecule has 0 bridgehead atoms. The fourth-order valence-corrected chi connectivity index (χ4v) is 7.42. The molecule has 43 heavy (non-hydrogen) atoms. The second-order valence-corrected chi connectivity index (χ2v) is 12.9. The van der Waals surface area contributed by atoms with E-state index in [4.69, 9.17) is 10.00 Å². The molecule has 9 heteroatoms. The number of piperidine rings is 2. The Morgan fingerprint density at radius 1 is 0.930 bits per heavy atom. The number of aromatic nitrogens is 1. The number of rotatable bonds is 7. The number of benzene rings is 1. The topological polar surface area (TPSA) is 107 Å². The summed E-state index contributed by atoms with van der Waals surface area (Å²) in [7, 11) is 0. The highest BCUT2D eigenvalue weighted by Crippen LogP contribution is 2.37. The largest absolute Gasteiger partial charge is 0.441 e. The zero-order valence-electron chi connectivity index (χ0n) is 24.8. The summed E-state index contributed by atoms with van der Waals surface area (Å²) >= 11 is 0. The van der Waals surface area contributed by atoms with Crippen LogP contribution < -0.4 is 0 Å². The number of pyridine rings is 1. The Kier molecular flexibility index (Phi) is 8.75. The van der Waals surface area contributed by atoms with Crippen molar-refractivity contribution < 1.29 is 19.1 Å². The first kappa shape index (κ1) is 29.3. The van der Waals surface area contributed by atoms with E-state index < -0.39 is 5.60 Å². The number of hydrogen-bond acceptors (Lipinski definition) is 7. The van der Waals surface area contributed by atoms with Crippen molar-refractivity contribution >= 4 is 17.8 Å². The predicted octanol–water partition coefficient (Wildman–Crippen LogP) is 4.67. The predicted molar refractivity (Wildman–Crippen MR) is 160 cm³/mol. The highest BCUT2D eigenvalue weighted by Gasteiger charge is 2.47. The number of Topliss-reactive ketones (excluding diaryl/α,β-unsaturated/α-hetero) is 1. The quantitative estimate of drug-likeness (QED) is 0.436. The smallest absolute Gasteiger partial charge is 0.410 e. The average molecular weight is 584 g/mol. The van der Waals surface area contributed by atoms with Gasteiger partial charge in [-0.05, 0) is 56.1 Å². The minimum Gasteiger partial charge on any atom is -0.441 e. The van der Waals surface area contributed by atoms with E-state index in [9.17, 15) is 14.4 Å². The van der Waals surface area contributed by atoms with Crippen LogP contribution in [0.5, 0.6) is 0 Å². The maximum absolute atomic E-state index is 13.3. The zero-order chi connectivity index (χ0) is 29.8. The number of likely N-dealkylation sites (tertiary alicyclic amines) is 2. The lowest BCUT2D eigenvalue weighted by atomic mass is 9.80. The van der Waals surface area contributed by atoms with E-state index in [1.54, 1.807) is 12.3 Å². The van der Waals surface area contributed by atoms with Gasteiger partial charge in [-0.25, -0.2) is 9.78 Å². The van der Waals surface area contributed by atoms with Crippen molar-refractivity contribution in [3.63, 3.8) is 0 Å². The molecule has 4 heterocycles. The van der Waals surface area contributed by atoms with Gasteiger partial charge in [0, 0.05) is 75.7 Å². The first-order valence-electron chi connectivity index (χ1n) is 15.8. The normalized spacial score (nSPS) is 24.5. The second-order valence-electron chi connectivity index (χ2n) is 12.9. The molecule has 1 aromatic heterocycles. The van der Waals surface area contributed by atoms with E-state index >= 15 is 0 Å². The molecule has 4 aliphatic rings. The Balaban J connectivity index is 0.919. The maximum Gasteiger partial charge on any atom is 0.410 e. The molecule has 1 spiro atoms. The van der Waals surface area contributed by atoms with Crippen molar-refractivity contribution in [1.82, 2.24) is 19.7 Å². The fraction of sp³-hybridized carbons (Fsp3) is 0.559. The summed E-state index contributed by atoms with van der Waals surface area (Å²) in [5, 5.41) is 8.95. The highest BCUT2D eigenvalue weighted by atomic mass is 16.6. The molecule has 3 aliphatic heterocycles. The lowest BCUT2D eigenvalue weighted by Crippen LogP contribution is -2.47. The van der Waals surface area contributed by atoms with Crippen LogP contribution in [0.15, 0.2) is 48.7 Å². The zero-order valence-corrected chi connectivity index (χ0v) is 24.8. The van der Waals surface area contributed by atoms with Gasteiger partial charge >= 0.3 is 6.09 Å². The van der Waals surface area contributed by atoms with Crippen LogP contribution in [-0.4, -0.2) is 82.3 Å². The van der Waals surface area contributed by atoms with Crippen LogP contribution in [0.25, 0.3) is 0 Å². The van der Waals surface area contributed by atoms with Crippen LogP contribution in [0.1, 0.15) is 73.0 Å². The van der Waals surface area contributed by atoms with Gasteiger partial charge in [0.1, 0.15) is 17.4 Å². The van der Waals surface area contributed by atoms with Gasteiger partial charge in [-0.3, -0.25) is 14.5 Å². The molecule has 6 rings (SSSR count). The molecule has 9 nitrogen and oxygen atoms in total. The Labute approximate surface area is 253 Å². The van der Waals surface area contributed by atoms with Gasteiger partial charge in [-0.15, -0.1) is 0 Å². The number of carbonyl (C=O) groups excluding carboxylic acids is 3. The maximum atomic E-state index is 13.3. The summed E-state index contributed by atoms with van der Waals surface area (Å²) < 4.78 is 5.99. The summed E-state index contributed by atoms with van der Waals surface area (Å²) in [5.41, 5.74) is 1.86. The van der Waals surface area contributed by atoms with E-state index in [-0.39, 0.29) is 29.6 Å². The van der Waals surface area contributed by atoms with Crippen LogP contribution in [0.4, 0.5) is 4.79 Å². The van der Waals surface area contributed by atoms with Crippen LogP contribution in [-0.2, 0) is 16.1 Å². The number of nitriles is 1. The van der Waals surface area contributed by atoms with Gasteiger partial charge in [0.2, 0.25) is 5.91 Å². The Morgan fingerprint density at radius 2 is 1.65 bits per heavy atom. The fourth-order valence-electron chi connectivity index (χ4n) is 7.42. The van der Waals surface area contributed by atoms with Crippen LogP contribution in [0, 0.1) is 29.1 Å². The lowest BCUT2D eigenvalue weighted by molar-refractivity contribution is -0.138. The lowest BCUT2D eigenvalue weighted by Gasteiger charge is -2.38. The van der Waals surface area contributed by atoms with Crippen LogP contribution in [0.3, 0.4) is 0 Å². The van der Waals surface area contributed by atoms with Gasteiger partial charge in [0.05, 0.1) is 6.54 Å². The number of hydrogen-bond donors (Lipinski definition) is 0. The molecule has 226 valence electrons. The highest BCUT2D eigenvalue weighted by molar-refractivity contribution is 5.98. The number of amides is 2. The molecule has 2 amide bonds. The first-order valence-corrected chi connectivity index (χ1v) is 15.8. The molecule has 2 aromatic rings. The molecule has 0 radical (unpaired) electrons. The van der Waals surface area contributed by atoms with E-state index in [1.807, 2.05) is 46.2 Å². The van der Waals surface area contributed by atoms with Crippen LogP contribution >= 0.6 is 0 Å². The van der Waals surface area contributed by atoms with Crippen molar-refractivity contribution in [2.45, 2.75) is 63.5 Å². The van der Waals surface area contributed by atoms with E-state index in [0.29, 0.717) is 37.8 Å². The number of ether oxygens (including phenoxy) is 1. The van der Waals surface area contributed by atoms with Crippen molar-refractivity contribution in [3.8, 4) is 6.07 Å². The minimum absolute atomic E-state index is 0.00205. The minimum atomic E-state index is -0.405. The van der Waals surface area contributed by atoms with Gasteiger partial charge < -0.3 is 14.5 Å². The number of ketones is 1. The monoisotopic (exact) mass is 583 g/mol. The van der Waals surface area contributed by atoms with Gasteiger partial charge in [0.15, 0.2) is 5.78 Å². The standard InChI is InChI=1S/C34H41N5O4/c35-20-30-11-8-26(21-36-30)22-37-18-14-34(15-19-37)24-39(33(42)43-34)23-25-6-9-29(10-7-25)32(41)38-16-12-28(13-17-38)31(40)27-4-2-1-3-5-27/h1-5,8,11,21,25,28-29H,6-7,9-10,12-19,22-24H2. The Hall–Kier alpha value is -3.77. The third-order valence-electron chi connectivity index (χ3n) is 10.1. The average Bonchev–Trinajstić information content (AvgIpc) is 3.36. The van der Waals surface area contributed by atoms with Gasteiger partial charge in [-0.2, -0.15) is 5.26 Å². The van der Waals surface area contributed by atoms with Crippen molar-refractivity contribution in [2.24, 2.45) is 17.8 Å². The Bertz CT molecular complexity index is 1330. The van der Waals surface area contributed by atoms with Crippen molar-refractivity contribution in [3.05, 3.63) is 65.5 Å². The second kappa shape index (κ2) is 12.8. The third kappa shape index (κ3) is 6.75. The summed E-state index contributed by atoms with van der Waals surface area (Å²) in [6.07, 6.45) is 8.28. The SMILES string of the molecule is N#Cc1ccc(CN2CCC3(CC2)CN(CC2CCC(C(=O)N4CCC(C(=O)c5ccccc5)CC4)CC2)C(=O)O3)cn1. The summed E-state index contributed by atoms with van der Waals surface area (Å²) in [6, 6.07) is 15.2. The molecule has 4 fully saturated rings. The molecular formula is C34H41N5O4. The first-order chi connectivity index (χ1) is 20.9. The van der Waals surface area contributed by atoms with Crippen molar-refractivity contribution in [1.29, 1.82) is 5.26 Å². The molecule has 1 saturated carbocycles. The molecular weight excluding hydrogens is 542 g/mol. The molecule has 0 N–H and O–H groups in total. The Morgan fingerprint density at radius 3 is 2.30 bits per heavy atom. The van der Waals surface area contributed by atoms with Gasteiger partial charge in [0.25, 0.3) is 0 Å².